The Hall–Kier alpha value is -3.51. The number of hydrogen-bond donors (Lipinski definition) is 0. The van der Waals surface area contributed by atoms with Crippen LogP contribution in [-0.4, -0.2) is 30.1 Å². The van der Waals surface area contributed by atoms with Gasteiger partial charge in [-0.3, -0.25) is 4.79 Å². The lowest BCUT2D eigenvalue weighted by Gasteiger charge is -2.16. The monoisotopic (exact) mass is 498 g/mol. The standard InChI is InChI=1S/C30H34N2O3Si/c1-20-10-7-8-11-25(20)30(34)24-13-15-29-27(19-24)26-18-23(21(2)31-35-22(3)33)12-14-28(26)32(29)16-9-17-36(4,5)6/h7-8,10-15,18-19H,9,16-17H2,1-6H3/b31-21-. The van der Waals surface area contributed by atoms with Crippen LogP contribution in [0.15, 0.2) is 65.8 Å². The SMILES string of the molecule is CC(=O)O/N=C(/C)c1ccc2c(c1)c1cc(C(=O)c3ccccc3C)ccc1n2CCC[Si](C)(C)C. The molecule has 0 aliphatic heterocycles. The molecule has 4 aromatic rings. The Labute approximate surface area is 213 Å². The van der Waals surface area contributed by atoms with E-state index >= 15 is 0 Å². The molecule has 1 heterocycles. The lowest BCUT2D eigenvalue weighted by atomic mass is 9.97. The van der Waals surface area contributed by atoms with E-state index < -0.39 is 14.0 Å². The van der Waals surface area contributed by atoms with E-state index in [9.17, 15) is 9.59 Å². The molecule has 0 saturated heterocycles. The van der Waals surface area contributed by atoms with Crippen molar-refractivity contribution < 1.29 is 14.4 Å². The van der Waals surface area contributed by atoms with Crippen LogP contribution in [0.3, 0.4) is 0 Å². The number of aryl methyl sites for hydroxylation is 2. The fraction of sp³-hybridized carbons (Fsp3) is 0.300. The van der Waals surface area contributed by atoms with Crippen molar-refractivity contribution in [3.8, 4) is 0 Å². The zero-order valence-electron chi connectivity index (χ0n) is 22.0. The summed E-state index contributed by atoms with van der Waals surface area (Å²) in [4.78, 5) is 29.5. The van der Waals surface area contributed by atoms with Crippen molar-refractivity contribution in [2.24, 2.45) is 5.16 Å². The van der Waals surface area contributed by atoms with Crippen LogP contribution in [0.4, 0.5) is 0 Å². The Morgan fingerprint density at radius 1 is 0.889 bits per heavy atom. The van der Waals surface area contributed by atoms with Gasteiger partial charge in [0.15, 0.2) is 5.78 Å². The second-order valence-electron chi connectivity index (χ2n) is 10.7. The molecule has 4 rings (SSSR count). The Morgan fingerprint density at radius 3 is 2.11 bits per heavy atom. The summed E-state index contributed by atoms with van der Waals surface area (Å²) < 4.78 is 2.37. The molecule has 0 radical (unpaired) electrons. The molecule has 36 heavy (non-hydrogen) atoms. The number of carbonyl (C=O) groups is 2. The third-order valence-corrected chi connectivity index (χ3v) is 8.41. The summed E-state index contributed by atoms with van der Waals surface area (Å²) in [7, 11) is -1.15. The molecule has 0 saturated carbocycles. The molecular weight excluding hydrogens is 464 g/mol. The predicted molar refractivity (Wildman–Crippen MR) is 151 cm³/mol. The van der Waals surface area contributed by atoms with E-state index in [0.717, 1.165) is 51.5 Å². The van der Waals surface area contributed by atoms with Crippen LogP contribution in [0.2, 0.25) is 25.7 Å². The number of carbonyl (C=O) groups excluding carboxylic acids is 2. The Morgan fingerprint density at radius 2 is 1.50 bits per heavy atom. The van der Waals surface area contributed by atoms with Crippen LogP contribution in [0, 0.1) is 6.92 Å². The third kappa shape index (κ3) is 5.49. The molecular formula is C30H34N2O3Si. The predicted octanol–water partition coefficient (Wildman–Crippen LogP) is 7.35. The topological polar surface area (TPSA) is 60.7 Å². The van der Waals surface area contributed by atoms with E-state index in [4.69, 9.17) is 4.84 Å². The molecule has 5 nitrogen and oxygen atoms in total. The molecule has 0 N–H and O–H groups in total. The highest BCUT2D eigenvalue weighted by Gasteiger charge is 2.18. The summed E-state index contributed by atoms with van der Waals surface area (Å²) in [6.45, 7) is 13.3. The van der Waals surface area contributed by atoms with E-state index in [1.54, 1.807) is 0 Å². The van der Waals surface area contributed by atoms with Crippen molar-refractivity contribution in [3.05, 3.63) is 82.9 Å². The van der Waals surface area contributed by atoms with E-state index in [2.05, 4.69) is 47.6 Å². The van der Waals surface area contributed by atoms with Crippen LogP contribution in [0.5, 0.6) is 0 Å². The molecule has 3 aromatic carbocycles. The van der Waals surface area contributed by atoms with E-state index in [-0.39, 0.29) is 5.78 Å². The van der Waals surface area contributed by atoms with Crippen molar-refractivity contribution >= 4 is 47.3 Å². The van der Waals surface area contributed by atoms with Gasteiger partial charge < -0.3 is 9.40 Å². The van der Waals surface area contributed by atoms with E-state index in [0.29, 0.717) is 11.3 Å². The van der Waals surface area contributed by atoms with Crippen molar-refractivity contribution in [3.63, 3.8) is 0 Å². The minimum Gasteiger partial charge on any atom is -0.340 e. The molecule has 0 aliphatic carbocycles. The maximum absolute atomic E-state index is 13.4. The highest BCUT2D eigenvalue weighted by atomic mass is 28.3. The van der Waals surface area contributed by atoms with Gasteiger partial charge in [-0.15, -0.1) is 0 Å². The number of hydrogen-bond acceptors (Lipinski definition) is 4. The zero-order chi connectivity index (χ0) is 26.0. The third-order valence-electron chi connectivity index (χ3n) is 6.55. The number of oxime groups is 1. The number of benzene rings is 3. The maximum Gasteiger partial charge on any atom is 0.331 e. The zero-order valence-corrected chi connectivity index (χ0v) is 23.0. The summed E-state index contributed by atoms with van der Waals surface area (Å²) in [5.74, 6) is -0.424. The Bertz CT molecular complexity index is 1490. The van der Waals surface area contributed by atoms with Crippen LogP contribution >= 0.6 is 0 Å². The normalized spacial score (nSPS) is 12.3. The summed E-state index contributed by atoms with van der Waals surface area (Å²) in [6, 6.07) is 21.2. The van der Waals surface area contributed by atoms with Gasteiger partial charge in [-0.2, -0.15) is 0 Å². The van der Waals surface area contributed by atoms with Gasteiger partial charge in [-0.1, -0.05) is 61.2 Å². The van der Waals surface area contributed by atoms with Gasteiger partial charge in [0.25, 0.3) is 0 Å². The molecule has 0 unspecified atom stereocenters. The molecule has 0 amide bonds. The van der Waals surface area contributed by atoms with Gasteiger partial charge >= 0.3 is 5.97 Å². The fourth-order valence-electron chi connectivity index (χ4n) is 4.65. The van der Waals surface area contributed by atoms with Gasteiger partial charge in [-0.05, 0) is 61.7 Å². The smallest absolute Gasteiger partial charge is 0.331 e. The molecule has 0 spiro atoms. The number of rotatable bonds is 8. The highest BCUT2D eigenvalue weighted by Crippen LogP contribution is 2.32. The van der Waals surface area contributed by atoms with Crippen molar-refractivity contribution in [1.82, 2.24) is 4.57 Å². The molecule has 0 aliphatic rings. The first-order valence-electron chi connectivity index (χ1n) is 12.4. The van der Waals surface area contributed by atoms with Gasteiger partial charge in [0.05, 0.1) is 5.71 Å². The largest absolute Gasteiger partial charge is 0.340 e. The molecule has 6 heteroatoms. The first-order valence-corrected chi connectivity index (χ1v) is 16.1. The molecule has 0 atom stereocenters. The van der Waals surface area contributed by atoms with E-state index in [1.807, 2.05) is 56.3 Å². The quantitative estimate of drug-likeness (QED) is 0.0839. The van der Waals surface area contributed by atoms with Crippen LogP contribution in [-0.2, 0) is 16.2 Å². The average Bonchev–Trinajstić information content (AvgIpc) is 3.14. The highest BCUT2D eigenvalue weighted by molar-refractivity contribution is 6.76. The Balaban J connectivity index is 1.85. The molecule has 186 valence electrons. The first-order chi connectivity index (χ1) is 17.0. The minimum atomic E-state index is -1.15. The summed E-state index contributed by atoms with van der Waals surface area (Å²) in [5, 5.41) is 6.07. The van der Waals surface area contributed by atoms with Crippen molar-refractivity contribution in [1.29, 1.82) is 0 Å². The van der Waals surface area contributed by atoms with Crippen LogP contribution in [0.1, 0.15) is 47.3 Å². The van der Waals surface area contributed by atoms with Gasteiger partial charge in [-0.25, -0.2) is 4.79 Å². The number of fused-ring (bicyclic) bond motifs is 3. The summed E-state index contributed by atoms with van der Waals surface area (Å²) in [6.07, 6.45) is 1.12. The number of nitrogens with zero attached hydrogens (tertiary/aromatic N) is 2. The lowest BCUT2D eigenvalue weighted by Crippen LogP contribution is -2.19. The number of aromatic nitrogens is 1. The van der Waals surface area contributed by atoms with Gasteiger partial charge in [0, 0.05) is 54.5 Å². The Kier molecular flexibility index (Phi) is 7.27. The van der Waals surface area contributed by atoms with Gasteiger partial charge in [0.1, 0.15) is 0 Å². The van der Waals surface area contributed by atoms with Crippen LogP contribution in [0.25, 0.3) is 21.8 Å². The van der Waals surface area contributed by atoms with E-state index in [1.165, 1.54) is 13.0 Å². The molecule has 1 aromatic heterocycles. The summed E-state index contributed by atoms with van der Waals surface area (Å²) in [5.41, 5.74) is 6.11. The molecule has 0 fully saturated rings. The fourth-order valence-corrected chi connectivity index (χ4v) is 5.87. The first kappa shape index (κ1) is 25.6. The molecule has 0 bridgehead atoms. The van der Waals surface area contributed by atoms with Crippen LogP contribution < -0.4 is 0 Å². The maximum atomic E-state index is 13.4. The average molecular weight is 499 g/mol. The number of ketones is 1. The van der Waals surface area contributed by atoms with Crippen molar-refractivity contribution in [2.75, 3.05) is 0 Å². The minimum absolute atomic E-state index is 0.0263. The lowest BCUT2D eigenvalue weighted by molar-refractivity contribution is -0.140. The van der Waals surface area contributed by atoms with Crippen molar-refractivity contribution in [2.45, 2.75) is 59.4 Å². The van der Waals surface area contributed by atoms with Gasteiger partial charge in [0.2, 0.25) is 0 Å². The second-order valence-corrected chi connectivity index (χ2v) is 16.3. The second kappa shape index (κ2) is 10.2. The summed E-state index contributed by atoms with van der Waals surface area (Å²) >= 11 is 0.